The van der Waals surface area contributed by atoms with Gasteiger partial charge in [-0.25, -0.2) is 0 Å². The van der Waals surface area contributed by atoms with E-state index in [0.717, 1.165) is 12.8 Å². The van der Waals surface area contributed by atoms with Gasteiger partial charge in [-0.05, 0) is 12.8 Å². The molecule has 0 aromatic heterocycles. The van der Waals surface area contributed by atoms with Gasteiger partial charge in [0.05, 0.1) is 0 Å². The average Bonchev–Trinajstić information content (AvgIpc) is 2.22. The molecule has 0 aliphatic rings. The van der Waals surface area contributed by atoms with E-state index in [1.54, 1.807) is 27.7 Å². The molecule has 0 spiro atoms. The summed E-state index contributed by atoms with van der Waals surface area (Å²) in [6, 6.07) is 0. The smallest absolute Gasteiger partial charge is 1.00 e. The third-order valence-electron chi connectivity index (χ3n) is 1.66. The van der Waals surface area contributed by atoms with Crippen LogP contribution in [0.5, 0.6) is 0 Å². The molecule has 0 amide bonds. The molecule has 0 aliphatic heterocycles. The first kappa shape index (κ1) is 32.4. The molecule has 20 heavy (non-hydrogen) atoms. The Labute approximate surface area is 148 Å². The van der Waals surface area contributed by atoms with Gasteiger partial charge in [-0.1, -0.05) is 72.6 Å². The predicted octanol–water partition coefficient (Wildman–Crippen LogP) is -0.162. The van der Waals surface area contributed by atoms with E-state index in [1.807, 2.05) is 0 Å². The van der Waals surface area contributed by atoms with Crippen molar-refractivity contribution in [2.24, 2.45) is 0 Å². The van der Waals surface area contributed by atoms with Crippen LogP contribution >= 0.6 is 0 Å². The maximum Gasteiger partial charge on any atom is 3.00 e. The summed E-state index contributed by atoms with van der Waals surface area (Å²) in [4.78, 5) is 0. The fourth-order valence-electron chi connectivity index (χ4n) is 0.994. The molecule has 2 nitrogen and oxygen atoms in total. The van der Waals surface area contributed by atoms with Crippen LogP contribution in [-0.2, 0) is 21.7 Å². The first-order chi connectivity index (χ1) is 8.38. The van der Waals surface area contributed by atoms with Crippen LogP contribution in [0.1, 0.15) is 79.6 Å². The van der Waals surface area contributed by atoms with Crippen molar-refractivity contribution in [1.82, 2.24) is 0 Å². The summed E-state index contributed by atoms with van der Waals surface area (Å²) < 4.78 is 0. The topological polar surface area (TPSA) is 46.1 Å². The van der Waals surface area contributed by atoms with Crippen LogP contribution in [0, 0.1) is 12.3 Å². The van der Waals surface area contributed by atoms with Crippen molar-refractivity contribution < 1.29 is 44.3 Å². The van der Waals surface area contributed by atoms with Gasteiger partial charge in [0, 0.05) is 6.42 Å². The molecular weight excluding hydrogens is 307 g/mol. The van der Waals surface area contributed by atoms with E-state index >= 15 is 0 Å². The number of hydrogen-bond donors (Lipinski definition) is 0. The van der Waals surface area contributed by atoms with Crippen LogP contribution in [0.3, 0.4) is 0 Å². The number of unbranched alkanes of at least 4 members (excludes halogenated alkanes) is 6. The summed E-state index contributed by atoms with van der Waals surface area (Å²) in [6.07, 6.45) is 14.5. The molecule has 0 aromatic carbocycles. The molecule has 0 aliphatic carbocycles. The van der Waals surface area contributed by atoms with E-state index in [2.05, 4.69) is 12.8 Å². The van der Waals surface area contributed by atoms with Crippen LogP contribution in [0.15, 0.2) is 0 Å². The molecule has 0 aromatic rings. The van der Waals surface area contributed by atoms with Crippen molar-refractivity contribution in [3.63, 3.8) is 0 Å². The quantitative estimate of drug-likeness (QED) is 0.384. The van der Waals surface area contributed by atoms with Crippen LogP contribution in [0.25, 0.3) is 0 Å². The minimum absolute atomic E-state index is 0. The molecule has 0 heterocycles. The Morgan fingerprint density at radius 3 is 1.45 bits per heavy atom. The van der Waals surface area contributed by atoms with E-state index < -0.39 is 12.2 Å². The Bertz CT molecular complexity index is 157. The third-order valence-corrected chi connectivity index (χ3v) is 1.66. The van der Waals surface area contributed by atoms with Gasteiger partial charge in [0.1, 0.15) is 0 Å². The second kappa shape index (κ2) is 31.7. The molecule has 0 saturated heterocycles. The van der Waals surface area contributed by atoms with Crippen molar-refractivity contribution >= 4 is 0 Å². The Morgan fingerprint density at radius 2 is 1.15 bits per heavy atom. The Hall–Kier alpha value is 0.484. The molecule has 0 saturated carbocycles. The van der Waals surface area contributed by atoms with E-state index in [-0.39, 0.29) is 34.1 Å². The van der Waals surface area contributed by atoms with E-state index in [1.165, 1.54) is 32.1 Å². The number of rotatable bonds is 6. The zero-order chi connectivity index (χ0) is 14.8. The summed E-state index contributed by atoms with van der Waals surface area (Å²) in [6.45, 7) is 8.67. The molecule has 2 radical (unpaired) electrons. The predicted molar refractivity (Wildman–Crippen MR) is 75.4 cm³/mol. The maximum absolute atomic E-state index is 9.53. The summed E-state index contributed by atoms with van der Waals surface area (Å²) >= 11 is 0. The van der Waals surface area contributed by atoms with Crippen molar-refractivity contribution in [1.29, 1.82) is 0 Å². The first-order valence-electron chi connectivity index (χ1n) is 7.09. The van der Waals surface area contributed by atoms with Crippen LogP contribution in [0.4, 0.5) is 0 Å². The standard InChI is InChI=1S/C10H17.2C3H7O.ClH.Ti/c1-3-5-7-9-10-8-6-4-2;2*1-3(2)4;;/h3,5-10H2,1H3;2*3H,1-2H3;1H;/q;2*-1;;+3/p-1. The molecule has 118 valence electrons. The van der Waals surface area contributed by atoms with Gasteiger partial charge in [0.25, 0.3) is 0 Å². The van der Waals surface area contributed by atoms with Crippen LogP contribution in [0.2, 0.25) is 0 Å². The first-order valence-corrected chi connectivity index (χ1v) is 7.09. The molecule has 0 atom stereocenters. The van der Waals surface area contributed by atoms with E-state index in [4.69, 9.17) is 6.42 Å². The molecule has 4 heteroatoms. The normalized spacial score (nSPS) is 8.20. The Kier molecular flexibility index (Phi) is 51.5. The fraction of sp³-hybridized carbons (Fsp3) is 0.875. The van der Waals surface area contributed by atoms with Gasteiger partial charge >= 0.3 is 21.7 Å². The fourth-order valence-corrected chi connectivity index (χ4v) is 0.994. The SMILES string of the molecule is CC(C)[O-].CC(C)[O-].[C]#CCCCCCCCC.[Cl-].[Ti+3]. The van der Waals surface area contributed by atoms with Gasteiger partial charge < -0.3 is 22.6 Å². The second-order valence-electron chi connectivity index (χ2n) is 4.79. The van der Waals surface area contributed by atoms with Gasteiger partial charge in [-0.15, -0.1) is 12.2 Å². The summed E-state index contributed by atoms with van der Waals surface area (Å²) in [5.74, 6) is 2.41. The zero-order valence-electron chi connectivity index (χ0n) is 13.8. The molecule has 0 unspecified atom stereocenters. The van der Waals surface area contributed by atoms with Crippen molar-refractivity contribution in [2.75, 3.05) is 0 Å². The molecule has 0 rings (SSSR count). The van der Waals surface area contributed by atoms with Crippen LogP contribution < -0.4 is 22.6 Å². The van der Waals surface area contributed by atoms with Crippen LogP contribution in [-0.4, -0.2) is 12.2 Å². The summed E-state index contributed by atoms with van der Waals surface area (Å²) in [5, 5.41) is 19.1. The minimum atomic E-state index is -0.417. The van der Waals surface area contributed by atoms with Gasteiger partial charge in [0.2, 0.25) is 0 Å². The van der Waals surface area contributed by atoms with Crippen molar-refractivity contribution in [3.05, 3.63) is 6.42 Å². The van der Waals surface area contributed by atoms with E-state index in [0.29, 0.717) is 0 Å². The third kappa shape index (κ3) is 101. The van der Waals surface area contributed by atoms with E-state index in [9.17, 15) is 10.2 Å². The van der Waals surface area contributed by atoms with Gasteiger partial charge in [-0.2, -0.15) is 0 Å². The Balaban J connectivity index is -0.0000000637. The van der Waals surface area contributed by atoms with Crippen molar-refractivity contribution in [2.45, 2.75) is 91.8 Å². The Morgan fingerprint density at radius 1 is 0.850 bits per heavy atom. The number of hydrogen-bond acceptors (Lipinski definition) is 2. The second-order valence-corrected chi connectivity index (χ2v) is 4.79. The zero-order valence-corrected chi connectivity index (χ0v) is 16.1. The average molecular weight is 339 g/mol. The molecule has 0 N–H and O–H groups in total. The monoisotopic (exact) mass is 338 g/mol. The van der Waals surface area contributed by atoms with Gasteiger partial charge in [-0.3, -0.25) is 0 Å². The largest absolute Gasteiger partial charge is 3.00 e. The van der Waals surface area contributed by atoms with Gasteiger partial charge in [0.15, 0.2) is 0 Å². The summed E-state index contributed by atoms with van der Waals surface area (Å²) in [5.41, 5.74) is 0. The minimum Gasteiger partial charge on any atom is -1.00 e. The number of halogens is 1. The molecular formula is C16H31ClO2Ti. The van der Waals surface area contributed by atoms with Crippen molar-refractivity contribution in [3.8, 4) is 5.92 Å². The maximum atomic E-state index is 9.53. The molecule has 0 bridgehead atoms. The molecule has 0 fully saturated rings. The summed E-state index contributed by atoms with van der Waals surface area (Å²) in [7, 11) is 0.